The Morgan fingerprint density at radius 2 is 1.85 bits per heavy atom. The minimum Gasteiger partial charge on any atom is -0.385 e. The number of hydrogen-bond acceptors (Lipinski definition) is 3. The molecule has 1 unspecified atom stereocenters. The van der Waals surface area contributed by atoms with E-state index in [1.54, 1.807) is 42.3 Å². The Hall–Kier alpha value is -3.09. The van der Waals surface area contributed by atoms with Gasteiger partial charge in [-0.15, -0.1) is 0 Å². The lowest BCUT2D eigenvalue weighted by atomic mass is 10.1. The van der Waals surface area contributed by atoms with Gasteiger partial charge >= 0.3 is 0 Å². The van der Waals surface area contributed by atoms with Gasteiger partial charge in [-0.3, -0.25) is 0 Å². The number of nitrogens with zero attached hydrogens (tertiary/aromatic N) is 3. The fourth-order valence-electron chi connectivity index (χ4n) is 2.42. The average molecular weight is 359 g/mol. The van der Waals surface area contributed by atoms with Gasteiger partial charge in [-0.2, -0.15) is 0 Å². The predicted octanol–water partition coefficient (Wildman–Crippen LogP) is 4.48. The van der Waals surface area contributed by atoms with Gasteiger partial charge in [0.25, 0.3) is 0 Å². The molecule has 0 radical (unpaired) electrons. The van der Waals surface area contributed by atoms with Crippen LogP contribution in [0.2, 0.25) is 0 Å². The van der Waals surface area contributed by atoms with Crippen LogP contribution in [0.25, 0.3) is 0 Å². The maximum Gasteiger partial charge on any atom is 0.173 e. The highest BCUT2D eigenvalue weighted by molar-refractivity contribution is 5.98. The molecule has 0 aliphatic carbocycles. The Bertz CT molecular complexity index is 893. The maximum absolute atomic E-state index is 14.2. The van der Waals surface area contributed by atoms with Gasteiger partial charge in [-0.1, -0.05) is 17.3 Å². The van der Waals surface area contributed by atoms with E-state index in [4.69, 9.17) is 4.84 Å². The topological polar surface area (TPSA) is 39.4 Å². The van der Waals surface area contributed by atoms with Crippen LogP contribution in [0.4, 0.5) is 13.2 Å². The second-order valence-electron chi connectivity index (χ2n) is 5.70. The zero-order valence-electron chi connectivity index (χ0n) is 13.9. The molecule has 4 nitrogen and oxygen atoms in total. The number of aromatic nitrogens is 2. The monoisotopic (exact) mass is 359 g/mol. The van der Waals surface area contributed by atoms with Gasteiger partial charge in [-0.25, -0.2) is 18.2 Å². The minimum absolute atomic E-state index is 0.177. The van der Waals surface area contributed by atoms with Crippen molar-refractivity contribution in [3.8, 4) is 0 Å². The lowest BCUT2D eigenvalue weighted by Crippen LogP contribution is -2.12. The summed E-state index contributed by atoms with van der Waals surface area (Å²) in [5, 5.41) is 4.04. The van der Waals surface area contributed by atoms with Gasteiger partial charge in [0.15, 0.2) is 6.10 Å². The van der Waals surface area contributed by atoms with Crippen LogP contribution in [0.15, 0.2) is 66.3 Å². The molecule has 3 rings (SSSR count). The molecule has 2 aromatic carbocycles. The molecular weight excluding hydrogens is 343 g/mol. The van der Waals surface area contributed by atoms with E-state index >= 15 is 0 Å². The Morgan fingerprint density at radius 1 is 1.12 bits per heavy atom. The van der Waals surface area contributed by atoms with Crippen molar-refractivity contribution < 1.29 is 18.0 Å². The summed E-state index contributed by atoms with van der Waals surface area (Å²) >= 11 is 0. The van der Waals surface area contributed by atoms with Gasteiger partial charge in [-0.05, 0) is 36.8 Å². The van der Waals surface area contributed by atoms with Crippen LogP contribution in [0.1, 0.15) is 24.2 Å². The molecule has 26 heavy (non-hydrogen) atoms. The zero-order chi connectivity index (χ0) is 18.5. The standard InChI is InChI=1S/C19H16F3N3O/c1-13(14-2-4-15(20)5-3-14)24-26-19(11-25-9-8-23-12-25)17-7-6-16(21)10-18(17)22/h2-10,12,19H,11H2,1H3/b24-13+. The van der Waals surface area contributed by atoms with E-state index in [1.165, 1.54) is 24.3 Å². The van der Waals surface area contributed by atoms with E-state index in [0.717, 1.165) is 6.07 Å². The zero-order valence-corrected chi connectivity index (χ0v) is 13.9. The smallest absolute Gasteiger partial charge is 0.173 e. The van der Waals surface area contributed by atoms with Crippen LogP contribution in [-0.4, -0.2) is 15.3 Å². The molecule has 134 valence electrons. The molecule has 0 aliphatic heterocycles. The molecule has 0 amide bonds. The van der Waals surface area contributed by atoms with Crippen LogP contribution in [-0.2, 0) is 11.4 Å². The number of benzene rings is 2. The number of rotatable bonds is 6. The molecule has 1 atom stereocenters. The van der Waals surface area contributed by atoms with Gasteiger partial charge in [0, 0.05) is 24.0 Å². The van der Waals surface area contributed by atoms with Gasteiger partial charge in [0.2, 0.25) is 0 Å². The fourth-order valence-corrected chi connectivity index (χ4v) is 2.42. The molecule has 0 saturated carbocycles. The second-order valence-corrected chi connectivity index (χ2v) is 5.70. The maximum atomic E-state index is 14.2. The van der Waals surface area contributed by atoms with Gasteiger partial charge < -0.3 is 9.40 Å². The average Bonchev–Trinajstić information content (AvgIpc) is 3.12. The molecule has 0 N–H and O–H groups in total. The molecule has 0 spiro atoms. The van der Waals surface area contributed by atoms with Crippen molar-refractivity contribution in [2.24, 2.45) is 5.16 Å². The molecule has 0 aliphatic rings. The van der Waals surface area contributed by atoms with E-state index in [1.807, 2.05) is 0 Å². The first-order chi connectivity index (χ1) is 12.5. The predicted molar refractivity (Wildman–Crippen MR) is 91.0 cm³/mol. The fraction of sp³-hybridized carbons (Fsp3) is 0.158. The SMILES string of the molecule is C/C(=N\OC(Cn1ccnc1)c1ccc(F)cc1F)c1ccc(F)cc1. The van der Waals surface area contributed by atoms with Crippen LogP contribution in [0, 0.1) is 17.5 Å². The van der Waals surface area contributed by atoms with E-state index in [9.17, 15) is 13.2 Å². The molecular formula is C19H16F3N3O. The van der Waals surface area contributed by atoms with Crippen molar-refractivity contribution >= 4 is 5.71 Å². The summed E-state index contributed by atoms with van der Waals surface area (Å²) < 4.78 is 42.1. The molecule has 1 aromatic heterocycles. The second kappa shape index (κ2) is 7.86. The Kier molecular flexibility index (Phi) is 5.36. The molecule has 3 aromatic rings. The summed E-state index contributed by atoms with van der Waals surface area (Å²) in [5.74, 6) is -1.74. The van der Waals surface area contributed by atoms with Crippen molar-refractivity contribution in [1.29, 1.82) is 0 Å². The quantitative estimate of drug-likeness (QED) is 0.481. The summed E-state index contributed by atoms with van der Waals surface area (Å²) in [5.41, 5.74) is 1.35. The lowest BCUT2D eigenvalue weighted by Gasteiger charge is -2.17. The Balaban J connectivity index is 1.85. The molecule has 7 heteroatoms. The Labute approximate surface area is 148 Å². The molecule has 1 heterocycles. The number of imidazole rings is 1. The highest BCUT2D eigenvalue weighted by Gasteiger charge is 2.19. The van der Waals surface area contributed by atoms with E-state index in [0.29, 0.717) is 11.3 Å². The first-order valence-corrected chi connectivity index (χ1v) is 7.90. The third-order valence-corrected chi connectivity index (χ3v) is 3.82. The van der Waals surface area contributed by atoms with Crippen molar-refractivity contribution in [2.45, 2.75) is 19.6 Å². The van der Waals surface area contributed by atoms with Gasteiger partial charge in [0.1, 0.15) is 17.5 Å². The van der Waals surface area contributed by atoms with Crippen LogP contribution in [0.3, 0.4) is 0 Å². The van der Waals surface area contributed by atoms with Crippen LogP contribution < -0.4 is 0 Å². The van der Waals surface area contributed by atoms with Gasteiger partial charge in [0.05, 0.1) is 18.6 Å². The normalized spacial score (nSPS) is 12.8. The first kappa shape index (κ1) is 17.7. The lowest BCUT2D eigenvalue weighted by molar-refractivity contribution is 0.0431. The largest absolute Gasteiger partial charge is 0.385 e. The van der Waals surface area contributed by atoms with E-state index < -0.39 is 17.7 Å². The molecule has 0 bridgehead atoms. The van der Waals surface area contributed by atoms with Crippen molar-refractivity contribution in [2.75, 3.05) is 0 Å². The van der Waals surface area contributed by atoms with E-state index in [2.05, 4.69) is 10.1 Å². The number of hydrogen-bond donors (Lipinski definition) is 0. The third-order valence-electron chi connectivity index (χ3n) is 3.82. The summed E-state index contributed by atoms with van der Waals surface area (Å²) in [6.45, 7) is 1.94. The van der Waals surface area contributed by atoms with Crippen LogP contribution in [0.5, 0.6) is 0 Å². The summed E-state index contributed by atoms with van der Waals surface area (Å²) in [7, 11) is 0. The summed E-state index contributed by atoms with van der Waals surface area (Å²) in [4.78, 5) is 9.49. The molecule has 0 saturated heterocycles. The van der Waals surface area contributed by atoms with Crippen molar-refractivity contribution in [3.63, 3.8) is 0 Å². The van der Waals surface area contributed by atoms with Crippen molar-refractivity contribution in [3.05, 3.63) is 89.8 Å². The summed E-state index contributed by atoms with van der Waals surface area (Å²) in [6.07, 6.45) is 4.06. The highest BCUT2D eigenvalue weighted by atomic mass is 19.1. The van der Waals surface area contributed by atoms with Crippen LogP contribution >= 0.6 is 0 Å². The number of halogens is 3. The number of oxime groups is 1. The highest BCUT2D eigenvalue weighted by Crippen LogP contribution is 2.24. The van der Waals surface area contributed by atoms with E-state index in [-0.39, 0.29) is 17.9 Å². The summed E-state index contributed by atoms with van der Waals surface area (Å²) in [6, 6.07) is 9.07. The first-order valence-electron chi connectivity index (χ1n) is 7.90. The Morgan fingerprint density at radius 3 is 2.50 bits per heavy atom. The third kappa shape index (κ3) is 4.30. The molecule has 0 fully saturated rings. The minimum atomic E-state index is -0.791. The van der Waals surface area contributed by atoms with Crippen molar-refractivity contribution in [1.82, 2.24) is 9.55 Å².